The molecule has 0 bridgehead atoms. The first kappa shape index (κ1) is 25.7. The van der Waals surface area contributed by atoms with Gasteiger partial charge in [0, 0.05) is 55.6 Å². The van der Waals surface area contributed by atoms with Gasteiger partial charge in [-0.15, -0.1) is 0 Å². The molecule has 0 aliphatic carbocycles. The molecule has 1 aliphatic rings. The summed E-state index contributed by atoms with van der Waals surface area (Å²) < 4.78 is 28.7. The Hall–Kier alpha value is -3.95. The van der Waals surface area contributed by atoms with E-state index in [1.807, 2.05) is 43.0 Å². The second kappa shape index (κ2) is 10.4. The molecule has 1 fully saturated rings. The van der Waals surface area contributed by atoms with Gasteiger partial charge >= 0.3 is 0 Å². The molecule has 38 heavy (non-hydrogen) atoms. The number of hydrogen-bond donors (Lipinski definition) is 2. The maximum absolute atomic E-state index is 13.1. The van der Waals surface area contributed by atoms with Crippen molar-refractivity contribution in [1.29, 1.82) is 0 Å². The summed E-state index contributed by atoms with van der Waals surface area (Å²) in [5, 5.41) is 10.8. The van der Waals surface area contributed by atoms with Gasteiger partial charge in [-0.1, -0.05) is 30.3 Å². The first-order valence-corrected chi connectivity index (χ1v) is 14.0. The first-order chi connectivity index (χ1) is 18.2. The summed E-state index contributed by atoms with van der Waals surface area (Å²) in [4.78, 5) is 21.6. The summed E-state index contributed by atoms with van der Waals surface area (Å²) in [7, 11) is -3.86. The third kappa shape index (κ3) is 5.34. The third-order valence-electron chi connectivity index (χ3n) is 6.89. The molecule has 196 valence electrons. The Morgan fingerprint density at radius 1 is 0.947 bits per heavy atom. The van der Waals surface area contributed by atoms with Gasteiger partial charge in [0.2, 0.25) is 0 Å². The molecule has 8 nitrogen and oxygen atoms in total. The Morgan fingerprint density at radius 3 is 2.29 bits per heavy atom. The van der Waals surface area contributed by atoms with Gasteiger partial charge in [-0.2, -0.15) is 0 Å². The summed E-state index contributed by atoms with van der Waals surface area (Å²) in [6.07, 6.45) is 1.57. The number of sulfonamides is 1. The number of nitrogens with one attached hydrogen (secondary N) is 1. The molecule has 4 aromatic rings. The van der Waals surface area contributed by atoms with Crippen LogP contribution in [0.15, 0.2) is 77.8 Å². The monoisotopic (exact) mass is 530 g/mol. The lowest BCUT2D eigenvalue weighted by Crippen LogP contribution is -2.48. The number of phenolic OH excluding ortho intramolecular Hbond substituents is 1. The number of rotatable bonds is 6. The number of pyridine rings is 1. The van der Waals surface area contributed by atoms with Crippen LogP contribution in [0.25, 0.3) is 10.9 Å². The number of nitrogens with zero attached hydrogens (tertiary/aromatic N) is 3. The van der Waals surface area contributed by atoms with Crippen LogP contribution < -0.4 is 4.72 Å². The highest BCUT2D eigenvalue weighted by Crippen LogP contribution is 2.25. The van der Waals surface area contributed by atoms with E-state index in [0.29, 0.717) is 35.6 Å². The Balaban J connectivity index is 1.21. The summed E-state index contributed by atoms with van der Waals surface area (Å²) in [5.74, 6) is 0.266. The summed E-state index contributed by atoms with van der Waals surface area (Å²) in [5.41, 5.74) is 4.18. The molecule has 0 atom stereocenters. The predicted molar refractivity (Wildman–Crippen MR) is 148 cm³/mol. The fourth-order valence-corrected chi connectivity index (χ4v) is 6.11. The molecule has 1 saturated heterocycles. The lowest BCUT2D eigenvalue weighted by molar-refractivity contribution is 0.0628. The van der Waals surface area contributed by atoms with Gasteiger partial charge in [-0.05, 0) is 66.9 Å². The highest BCUT2D eigenvalue weighted by molar-refractivity contribution is 7.93. The molecule has 0 radical (unpaired) electrons. The standard InChI is InChI=1S/C29H30N4O4S/c1-20-17-22(18-21(2)28(20)34)19-32-13-15-33(16-14-32)29(35)24-8-10-25(11-9-24)31-38(36,37)26-7-3-5-23-6-4-12-30-27(23)26/h3-12,17-18,31,34H,13-16,19H2,1-2H3. The van der Waals surface area contributed by atoms with Crippen molar-refractivity contribution in [1.82, 2.24) is 14.8 Å². The average molecular weight is 531 g/mol. The molecule has 3 aromatic carbocycles. The van der Waals surface area contributed by atoms with Gasteiger partial charge in [0.1, 0.15) is 10.6 Å². The van der Waals surface area contributed by atoms with Crippen molar-refractivity contribution in [3.63, 3.8) is 0 Å². The smallest absolute Gasteiger partial charge is 0.264 e. The van der Waals surface area contributed by atoms with Crippen LogP contribution in [0.4, 0.5) is 5.69 Å². The molecule has 9 heteroatoms. The molecule has 0 saturated carbocycles. The van der Waals surface area contributed by atoms with Gasteiger partial charge in [0.25, 0.3) is 15.9 Å². The van der Waals surface area contributed by atoms with Crippen LogP contribution in [-0.4, -0.2) is 60.4 Å². The van der Waals surface area contributed by atoms with Crippen molar-refractivity contribution in [3.05, 3.63) is 95.2 Å². The largest absolute Gasteiger partial charge is 0.507 e. The minimum absolute atomic E-state index is 0.0753. The number of benzene rings is 3. The van der Waals surface area contributed by atoms with Crippen molar-refractivity contribution in [2.24, 2.45) is 0 Å². The van der Waals surface area contributed by atoms with E-state index in [0.717, 1.165) is 41.7 Å². The SMILES string of the molecule is Cc1cc(CN2CCN(C(=O)c3ccc(NS(=O)(=O)c4cccc5cccnc45)cc3)CC2)cc(C)c1O. The van der Waals surface area contributed by atoms with E-state index < -0.39 is 10.0 Å². The molecule has 5 rings (SSSR count). The molecule has 1 aromatic heterocycles. The summed E-state index contributed by atoms with van der Waals surface area (Å²) in [6, 6.07) is 19.1. The van der Waals surface area contributed by atoms with E-state index in [9.17, 15) is 18.3 Å². The highest BCUT2D eigenvalue weighted by Gasteiger charge is 2.23. The number of fused-ring (bicyclic) bond motifs is 1. The first-order valence-electron chi connectivity index (χ1n) is 12.5. The number of piperazine rings is 1. The second-order valence-corrected chi connectivity index (χ2v) is 11.3. The van der Waals surface area contributed by atoms with E-state index in [1.165, 1.54) is 6.07 Å². The van der Waals surface area contributed by atoms with Crippen LogP contribution in [0.2, 0.25) is 0 Å². The number of amides is 1. The van der Waals surface area contributed by atoms with Crippen LogP contribution >= 0.6 is 0 Å². The molecule has 0 spiro atoms. The quantitative estimate of drug-likeness (QED) is 0.385. The fraction of sp³-hybridized carbons (Fsp3) is 0.241. The van der Waals surface area contributed by atoms with Gasteiger partial charge in [-0.25, -0.2) is 8.42 Å². The second-order valence-electron chi connectivity index (χ2n) is 9.66. The van der Waals surface area contributed by atoms with E-state index in [4.69, 9.17) is 0 Å². The molecule has 2 N–H and O–H groups in total. The number of phenols is 1. The lowest BCUT2D eigenvalue weighted by atomic mass is 10.1. The summed E-state index contributed by atoms with van der Waals surface area (Å²) >= 11 is 0. The molecule has 2 heterocycles. The molecular weight excluding hydrogens is 500 g/mol. The number of carbonyl (C=O) groups excluding carboxylic acids is 1. The Kier molecular flexibility index (Phi) is 7.05. The Labute approximate surface area is 222 Å². The van der Waals surface area contributed by atoms with E-state index >= 15 is 0 Å². The zero-order valence-electron chi connectivity index (χ0n) is 21.4. The third-order valence-corrected chi connectivity index (χ3v) is 8.30. The minimum Gasteiger partial charge on any atom is -0.507 e. The van der Waals surface area contributed by atoms with Gasteiger partial charge in [0.15, 0.2) is 0 Å². The number of aryl methyl sites for hydroxylation is 2. The van der Waals surface area contributed by atoms with Gasteiger partial charge in [-0.3, -0.25) is 19.4 Å². The number of anilines is 1. The number of aromatic nitrogens is 1. The lowest BCUT2D eigenvalue weighted by Gasteiger charge is -2.35. The number of carbonyl (C=O) groups is 1. The average Bonchev–Trinajstić information content (AvgIpc) is 2.91. The number of para-hydroxylation sites is 1. The number of aromatic hydroxyl groups is 1. The molecule has 0 unspecified atom stereocenters. The zero-order valence-corrected chi connectivity index (χ0v) is 22.2. The maximum atomic E-state index is 13.1. The summed E-state index contributed by atoms with van der Waals surface area (Å²) in [6.45, 7) is 7.29. The fourth-order valence-electron chi connectivity index (χ4n) is 4.87. The number of hydrogen-bond acceptors (Lipinski definition) is 6. The van der Waals surface area contributed by atoms with Gasteiger partial charge in [0.05, 0.1) is 5.52 Å². The highest BCUT2D eigenvalue weighted by atomic mass is 32.2. The molecule has 1 amide bonds. The van der Waals surface area contributed by atoms with Crippen LogP contribution in [0.3, 0.4) is 0 Å². The van der Waals surface area contributed by atoms with Crippen LogP contribution in [-0.2, 0) is 16.6 Å². The van der Waals surface area contributed by atoms with Crippen LogP contribution in [0.5, 0.6) is 5.75 Å². The van der Waals surface area contributed by atoms with Crippen molar-refractivity contribution in [2.45, 2.75) is 25.3 Å². The normalized spacial score (nSPS) is 14.5. The van der Waals surface area contributed by atoms with Crippen molar-refractivity contribution >= 4 is 32.5 Å². The Morgan fingerprint density at radius 2 is 1.61 bits per heavy atom. The molecular formula is C29H30N4O4S. The topological polar surface area (TPSA) is 103 Å². The molecule has 1 aliphatic heterocycles. The van der Waals surface area contributed by atoms with Crippen LogP contribution in [0.1, 0.15) is 27.0 Å². The Bertz CT molecular complexity index is 1570. The minimum atomic E-state index is -3.86. The van der Waals surface area contributed by atoms with Gasteiger partial charge < -0.3 is 10.0 Å². The zero-order chi connectivity index (χ0) is 26.9. The van der Waals surface area contributed by atoms with Crippen molar-refractivity contribution < 1.29 is 18.3 Å². The van der Waals surface area contributed by atoms with Crippen molar-refractivity contribution in [2.75, 3.05) is 30.9 Å². The van der Waals surface area contributed by atoms with Crippen LogP contribution in [0, 0.1) is 13.8 Å². The van der Waals surface area contributed by atoms with Crippen molar-refractivity contribution in [3.8, 4) is 5.75 Å². The maximum Gasteiger partial charge on any atom is 0.264 e. The van der Waals surface area contributed by atoms with E-state index in [1.54, 1.807) is 42.6 Å². The van der Waals surface area contributed by atoms with E-state index in [-0.39, 0.29) is 10.8 Å². The predicted octanol–water partition coefficient (Wildman–Crippen LogP) is 4.32. The van der Waals surface area contributed by atoms with E-state index in [2.05, 4.69) is 14.6 Å².